The van der Waals surface area contributed by atoms with Crippen molar-refractivity contribution in [2.75, 3.05) is 0 Å². The number of hydrogen-bond acceptors (Lipinski definition) is 1. The molecule has 24 heavy (non-hydrogen) atoms. The Morgan fingerprint density at radius 1 is 1.00 bits per heavy atom. The highest BCUT2D eigenvalue weighted by atomic mass is 35.5. The quantitative estimate of drug-likeness (QED) is 0.537. The van der Waals surface area contributed by atoms with E-state index in [1.807, 2.05) is 61.3 Å². The summed E-state index contributed by atoms with van der Waals surface area (Å²) in [6.45, 7) is 0. The summed E-state index contributed by atoms with van der Waals surface area (Å²) < 4.78 is 3.67. The Morgan fingerprint density at radius 3 is 2.46 bits per heavy atom. The molecule has 0 aliphatic heterocycles. The van der Waals surface area contributed by atoms with Crippen LogP contribution in [0.3, 0.4) is 0 Å². The summed E-state index contributed by atoms with van der Waals surface area (Å²) in [4.78, 5) is 12.7. The molecule has 0 aliphatic rings. The average molecular weight is 337 g/mol. The van der Waals surface area contributed by atoms with Crippen LogP contribution < -0.4 is 5.56 Å². The summed E-state index contributed by atoms with van der Waals surface area (Å²) in [7, 11) is 3.77. The molecule has 4 rings (SSSR count). The zero-order chi connectivity index (χ0) is 16.8. The molecule has 0 saturated heterocycles. The Hall–Kier alpha value is -2.52. The van der Waals surface area contributed by atoms with Crippen LogP contribution in [0.25, 0.3) is 21.8 Å². The second kappa shape index (κ2) is 5.53. The van der Waals surface area contributed by atoms with Crippen molar-refractivity contribution in [2.45, 2.75) is 6.42 Å². The van der Waals surface area contributed by atoms with Gasteiger partial charge in [0.05, 0.1) is 0 Å². The Labute approximate surface area is 144 Å². The normalized spacial score (nSPS) is 11.5. The van der Waals surface area contributed by atoms with E-state index in [0.29, 0.717) is 0 Å². The molecule has 0 N–H and O–H groups in total. The Balaban J connectivity index is 2.05. The SMILES string of the molecule is Cn1cc(Cc2ccc(Cl)cc2)c2c3ccccc3n(C)c2c1=O. The molecular weight excluding hydrogens is 320 g/mol. The summed E-state index contributed by atoms with van der Waals surface area (Å²) in [5.74, 6) is 0. The van der Waals surface area contributed by atoms with Crippen molar-refractivity contribution in [3.63, 3.8) is 0 Å². The van der Waals surface area contributed by atoms with Gasteiger partial charge in [-0.05, 0) is 35.7 Å². The lowest BCUT2D eigenvalue weighted by Crippen LogP contribution is -2.19. The first kappa shape index (κ1) is 15.0. The number of rotatable bonds is 2. The first-order chi connectivity index (χ1) is 11.6. The number of nitrogens with zero attached hydrogens (tertiary/aromatic N) is 2. The van der Waals surface area contributed by atoms with E-state index in [0.717, 1.165) is 38.8 Å². The third kappa shape index (κ3) is 2.24. The van der Waals surface area contributed by atoms with Gasteiger partial charge < -0.3 is 9.13 Å². The number of halogens is 1. The standard InChI is InChI=1S/C20H17ClN2O/c1-22-12-14(11-13-7-9-15(21)10-8-13)18-16-5-3-4-6-17(16)23(2)19(18)20(22)24/h3-10,12H,11H2,1-2H3. The molecule has 120 valence electrons. The molecule has 3 nitrogen and oxygen atoms in total. The Kier molecular flexibility index (Phi) is 3.47. The monoisotopic (exact) mass is 336 g/mol. The Morgan fingerprint density at radius 2 is 1.71 bits per heavy atom. The first-order valence-corrected chi connectivity index (χ1v) is 8.24. The van der Waals surface area contributed by atoms with E-state index in [2.05, 4.69) is 12.1 Å². The largest absolute Gasteiger partial charge is 0.339 e. The van der Waals surface area contributed by atoms with Gasteiger partial charge in [0.25, 0.3) is 5.56 Å². The van der Waals surface area contributed by atoms with Gasteiger partial charge in [-0.25, -0.2) is 0 Å². The molecule has 2 aromatic heterocycles. The topological polar surface area (TPSA) is 26.9 Å². The lowest BCUT2D eigenvalue weighted by atomic mass is 10.0. The van der Waals surface area contributed by atoms with Crippen LogP contribution in [-0.2, 0) is 20.5 Å². The molecule has 2 aromatic carbocycles. The second-order valence-corrected chi connectivity index (χ2v) is 6.61. The lowest BCUT2D eigenvalue weighted by Gasteiger charge is -2.08. The maximum atomic E-state index is 12.7. The van der Waals surface area contributed by atoms with E-state index in [-0.39, 0.29) is 5.56 Å². The van der Waals surface area contributed by atoms with Gasteiger partial charge in [0, 0.05) is 41.6 Å². The number of pyridine rings is 1. The van der Waals surface area contributed by atoms with Crippen LogP contribution in [0, 0.1) is 0 Å². The molecule has 0 unspecified atom stereocenters. The van der Waals surface area contributed by atoms with E-state index < -0.39 is 0 Å². The number of aromatic nitrogens is 2. The van der Waals surface area contributed by atoms with Gasteiger partial charge in [0.15, 0.2) is 0 Å². The third-order valence-corrected chi connectivity index (χ3v) is 4.86. The van der Waals surface area contributed by atoms with Crippen LogP contribution in [0.4, 0.5) is 0 Å². The average Bonchev–Trinajstić information content (AvgIpc) is 2.88. The number of aryl methyl sites for hydroxylation is 2. The summed E-state index contributed by atoms with van der Waals surface area (Å²) in [6, 6.07) is 16.0. The smallest absolute Gasteiger partial charge is 0.274 e. The lowest BCUT2D eigenvalue weighted by molar-refractivity contribution is 0.846. The molecule has 0 bridgehead atoms. The number of fused-ring (bicyclic) bond motifs is 3. The number of para-hydroxylation sites is 1. The van der Waals surface area contributed by atoms with Crippen molar-refractivity contribution in [3.05, 3.63) is 81.2 Å². The number of benzene rings is 2. The van der Waals surface area contributed by atoms with Gasteiger partial charge in [0.1, 0.15) is 5.52 Å². The zero-order valence-electron chi connectivity index (χ0n) is 13.6. The summed E-state index contributed by atoms with van der Waals surface area (Å²) in [5.41, 5.74) is 4.18. The summed E-state index contributed by atoms with van der Waals surface area (Å²) in [5, 5.41) is 2.90. The predicted octanol–water partition coefficient (Wildman–Crippen LogP) is 4.27. The molecule has 0 amide bonds. The van der Waals surface area contributed by atoms with Crippen LogP contribution in [0.15, 0.2) is 59.5 Å². The highest BCUT2D eigenvalue weighted by molar-refractivity contribution is 6.30. The van der Waals surface area contributed by atoms with Crippen LogP contribution in [-0.4, -0.2) is 9.13 Å². The fourth-order valence-electron chi connectivity index (χ4n) is 3.45. The highest BCUT2D eigenvalue weighted by Gasteiger charge is 2.16. The molecule has 0 spiro atoms. The van der Waals surface area contributed by atoms with Gasteiger partial charge in [0.2, 0.25) is 0 Å². The molecule has 0 radical (unpaired) electrons. The maximum Gasteiger partial charge on any atom is 0.274 e. The molecule has 2 heterocycles. The van der Waals surface area contributed by atoms with E-state index >= 15 is 0 Å². The van der Waals surface area contributed by atoms with E-state index in [1.165, 1.54) is 5.56 Å². The van der Waals surface area contributed by atoms with Gasteiger partial charge in [-0.2, -0.15) is 0 Å². The van der Waals surface area contributed by atoms with Crippen LogP contribution in [0.2, 0.25) is 5.02 Å². The van der Waals surface area contributed by atoms with E-state index in [9.17, 15) is 4.79 Å². The van der Waals surface area contributed by atoms with Crippen LogP contribution in [0.1, 0.15) is 11.1 Å². The molecule has 0 saturated carbocycles. The van der Waals surface area contributed by atoms with Crippen molar-refractivity contribution < 1.29 is 0 Å². The third-order valence-electron chi connectivity index (χ3n) is 4.61. The number of hydrogen-bond donors (Lipinski definition) is 0. The summed E-state index contributed by atoms with van der Waals surface area (Å²) in [6.07, 6.45) is 2.71. The van der Waals surface area contributed by atoms with Gasteiger partial charge in [-0.15, -0.1) is 0 Å². The molecule has 0 fully saturated rings. The van der Waals surface area contributed by atoms with Crippen molar-refractivity contribution >= 4 is 33.4 Å². The molecular formula is C20H17ClN2O. The maximum absolute atomic E-state index is 12.7. The van der Waals surface area contributed by atoms with Gasteiger partial charge in [-0.1, -0.05) is 41.9 Å². The first-order valence-electron chi connectivity index (χ1n) is 7.86. The van der Waals surface area contributed by atoms with E-state index in [4.69, 9.17) is 11.6 Å². The van der Waals surface area contributed by atoms with Crippen LogP contribution in [0.5, 0.6) is 0 Å². The van der Waals surface area contributed by atoms with E-state index in [1.54, 1.807) is 4.57 Å². The fourth-order valence-corrected chi connectivity index (χ4v) is 3.57. The van der Waals surface area contributed by atoms with Crippen LogP contribution >= 0.6 is 11.6 Å². The summed E-state index contributed by atoms with van der Waals surface area (Å²) >= 11 is 5.99. The zero-order valence-corrected chi connectivity index (χ0v) is 14.3. The van der Waals surface area contributed by atoms with Gasteiger partial charge >= 0.3 is 0 Å². The minimum atomic E-state index is 0.0311. The van der Waals surface area contributed by atoms with Crippen molar-refractivity contribution in [1.82, 2.24) is 9.13 Å². The highest BCUT2D eigenvalue weighted by Crippen LogP contribution is 2.30. The van der Waals surface area contributed by atoms with Crippen molar-refractivity contribution in [3.8, 4) is 0 Å². The molecule has 0 atom stereocenters. The second-order valence-electron chi connectivity index (χ2n) is 6.17. The van der Waals surface area contributed by atoms with Gasteiger partial charge in [-0.3, -0.25) is 4.79 Å². The minimum Gasteiger partial charge on any atom is -0.339 e. The predicted molar refractivity (Wildman–Crippen MR) is 99.9 cm³/mol. The Bertz CT molecular complexity index is 1120. The van der Waals surface area contributed by atoms with Crippen molar-refractivity contribution in [1.29, 1.82) is 0 Å². The van der Waals surface area contributed by atoms with Crippen molar-refractivity contribution in [2.24, 2.45) is 14.1 Å². The molecule has 4 aromatic rings. The molecule has 0 aliphatic carbocycles. The minimum absolute atomic E-state index is 0.0311. The molecule has 4 heteroatoms. The fraction of sp³-hybridized carbons (Fsp3) is 0.150.